The van der Waals surface area contributed by atoms with Crippen molar-refractivity contribution in [3.8, 4) is 11.5 Å². The van der Waals surface area contributed by atoms with Crippen LogP contribution >= 0.6 is 11.6 Å². The predicted molar refractivity (Wildman–Crippen MR) is 164 cm³/mol. The molecule has 0 saturated heterocycles. The van der Waals surface area contributed by atoms with Crippen LogP contribution in [-0.2, 0) is 0 Å². The van der Waals surface area contributed by atoms with E-state index in [1.807, 2.05) is 42.5 Å². The summed E-state index contributed by atoms with van der Waals surface area (Å²) in [6.45, 7) is 2.06. The molecule has 0 aliphatic heterocycles. The number of nitrogens with zero attached hydrogens (tertiary/aromatic N) is 1. The second-order valence-electron chi connectivity index (χ2n) is 10.0. The van der Waals surface area contributed by atoms with E-state index in [1.165, 1.54) is 6.07 Å². The number of hydrogen-bond donors (Lipinski definition) is 3. The van der Waals surface area contributed by atoms with Crippen LogP contribution in [0.15, 0.2) is 78.9 Å². The zero-order valence-electron chi connectivity index (χ0n) is 23.6. The zero-order valence-corrected chi connectivity index (χ0v) is 24.3. The van der Waals surface area contributed by atoms with E-state index < -0.39 is 17.3 Å². The Morgan fingerprint density at radius 2 is 1.81 bits per heavy atom. The Labute approximate surface area is 249 Å². The van der Waals surface area contributed by atoms with Gasteiger partial charge in [-0.15, -0.1) is 11.6 Å². The minimum absolute atomic E-state index is 0.00229. The van der Waals surface area contributed by atoms with Crippen LogP contribution in [0.4, 0.5) is 0 Å². The Morgan fingerprint density at radius 1 is 1.07 bits per heavy atom. The molecule has 216 valence electrons. The first-order valence-electron chi connectivity index (χ1n) is 13.7. The third-order valence-electron chi connectivity index (χ3n) is 7.47. The van der Waals surface area contributed by atoms with Gasteiger partial charge in [0.1, 0.15) is 28.4 Å². The van der Waals surface area contributed by atoms with E-state index in [9.17, 15) is 14.7 Å². The maximum absolute atomic E-state index is 13.3. The van der Waals surface area contributed by atoms with Crippen LogP contribution in [0.25, 0.3) is 16.6 Å². The fourth-order valence-corrected chi connectivity index (χ4v) is 5.78. The van der Waals surface area contributed by atoms with Gasteiger partial charge in [-0.2, -0.15) is 0 Å². The molecule has 5 rings (SSSR count). The molecular weight excluding hydrogens is 554 g/mol. The number of H-pyrrole nitrogens is 1. The van der Waals surface area contributed by atoms with Crippen molar-refractivity contribution >= 4 is 40.1 Å². The van der Waals surface area contributed by atoms with E-state index in [2.05, 4.69) is 17.2 Å². The second kappa shape index (κ2) is 12.5. The molecule has 0 saturated carbocycles. The molecule has 8 nitrogen and oxygen atoms in total. The molecule has 1 amide bonds. The summed E-state index contributed by atoms with van der Waals surface area (Å²) in [4.78, 5) is 34.0. The summed E-state index contributed by atoms with van der Waals surface area (Å²) >= 11 is 6.84. The Morgan fingerprint density at radius 3 is 2.50 bits per heavy atom. The first-order valence-corrected chi connectivity index (χ1v) is 14.2. The van der Waals surface area contributed by atoms with Crippen molar-refractivity contribution < 1.29 is 24.2 Å². The number of alkyl halides is 1. The largest absolute Gasteiger partial charge is 0.494 e. The summed E-state index contributed by atoms with van der Waals surface area (Å²) in [6.07, 6.45) is 7.12. The number of fused-ring (bicyclic) bond motifs is 1. The Bertz CT molecular complexity index is 1640. The molecule has 1 unspecified atom stereocenters. The minimum Gasteiger partial charge on any atom is -0.494 e. The Balaban J connectivity index is 1.52. The molecule has 4 aromatic rings. The molecule has 1 aliphatic carbocycles. The number of ether oxygens (including phenoxy) is 2. The molecular formula is C33H32ClN3O5. The maximum atomic E-state index is 13.3. The lowest BCUT2D eigenvalue weighted by molar-refractivity contribution is 0.0695. The van der Waals surface area contributed by atoms with Crippen LogP contribution in [0.3, 0.4) is 0 Å². The first kappa shape index (κ1) is 29.0. The van der Waals surface area contributed by atoms with Crippen molar-refractivity contribution in [2.75, 3.05) is 14.2 Å². The van der Waals surface area contributed by atoms with Gasteiger partial charge < -0.3 is 24.9 Å². The Hall–Kier alpha value is -4.56. The highest BCUT2D eigenvalue weighted by atomic mass is 35.5. The van der Waals surface area contributed by atoms with E-state index in [1.54, 1.807) is 44.6 Å². The van der Waals surface area contributed by atoms with Gasteiger partial charge in [-0.1, -0.05) is 68.0 Å². The summed E-state index contributed by atoms with van der Waals surface area (Å²) in [5.74, 6) is -0.388. The highest BCUT2D eigenvalue weighted by Crippen LogP contribution is 2.43. The normalized spacial score (nSPS) is 17.0. The number of aromatic nitrogens is 2. The number of rotatable bonds is 10. The molecule has 1 aliphatic rings. The lowest BCUT2D eigenvalue weighted by atomic mass is 9.81. The van der Waals surface area contributed by atoms with Crippen LogP contribution in [0.2, 0.25) is 0 Å². The van der Waals surface area contributed by atoms with E-state index in [-0.39, 0.29) is 23.1 Å². The molecule has 0 radical (unpaired) electrons. The summed E-state index contributed by atoms with van der Waals surface area (Å²) in [5, 5.41) is 12.8. The molecule has 9 heteroatoms. The highest BCUT2D eigenvalue weighted by Gasteiger charge is 2.32. The summed E-state index contributed by atoms with van der Waals surface area (Å²) < 4.78 is 11.0. The quantitative estimate of drug-likeness (QED) is 0.175. The molecule has 0 fully saturated rings. The number of imidazole rings is 1. The number of amides is 1. The van der Waals surface area contributed by atoms with Crippen LogP contribution in [0.1, 0.15) is 69.4 Å². The number of allylic oxidation sites excluding steroid dienone is 4. The number of hydrogen-bond acceptors (Lipinski definition) is 5. The van der Waals surface area contributed by atoms with Crippen molar-refractivity contribution in [1.29, 1.82) is 0 Å². The van der Waals surface area contributed by atoms with Crippen LogP contribution in [0, 0.1) is 0 Å². The van der Waals surface area contributed by atoms with Gasteiger partial charge in [0.2, 0.25) is 0 Å². The standard InChI is InChI=1S/C33H32ClN3O5/c1-4-9-25(19-10-6-5-7-11-19)35-32(38)20-14-15-21(23(18-20)33(39)40)28-22(12-8-13-24(28)34)31-36-29-26(41-2)16-17-27(42-3)30(29)37-31/h5-8,10-18,24-25,28H,4,9H2,1-3H3,(H,35,38)(H,36,37)(H,39,40)/t24-,25+,28?/m0/s1. The van der Waals surface area contributed by atoms with Crippen LogP contribution in [0.5, 0.6) is 11.5 Å². The van der Waals surface area contributed by atoms with Crippen LogP contribution < -0.4 is 14.8 Å². The Kier molecular flexibility index (Phi) is 8.64. The van der Waals surface area contributed by atoms with Gasteiger partial charge in [0.05, 0.1) is 31.2 Å². The second-order valence-corrected chi connectivity index (χ2v) is 10.5. The zero-order chi connectivity index (χ0) is 29.8. The van der Waals surface area contributed by atoms with E-state index in [0.717, 1.165) is 18.4 Å². The number of benzene rings is 3. The van der Waals surface area contributed by atoms with Crippen molar-refractivity contribution in [1.82, 2.24) is 15.3 Å². The third kappa shape index (κ3) is 5.63. The molecule has 1 heterocycles. The topological polar surface area (TPSA) is 114 Å². The van der Waals surface area contributed by atoms with E-state index in [0.29, 0.717) is 39.5 Å². The SMILES string of the molecule is CCC[C@@H](NC(=O)c1ccc(C2C(c3nc4c(OC)ccc(OC)c4[nH]3)=CC=C[C@@H]2Cl)c(C(=O)O)c1)c1ccccc1. The third-order valence-corrected chi connectivity index (χ3v) is 7.87. The average molecular weight is 586 g/mol. The summed E-state index contributed by atoms with van der Waals surface area (Å²) in [6, 6.07) is 17.9. The predicted octanol–water partition coefficient (Wildman–Crippen LogP) is 6.89. The number of carboxylic acids is 1. The lowest BCUT2D eigenvalue weighted by Crippen LogP contribution is -2.29. The van der Waals surface area contributed by atoms with Crippen molar-refractivity contribution in [3.05, 3.63) is 107 Å². The van der Waals surface area contributed by atoms with Gasteiger partial charge in [0, 0.05) is 17.1 Å². The number of aromatic carboxylic acids is 1. The van der Waals surface area contributed by atoms with Gasteiger partial charge in [-0.3, -0.25) is 4.79 Å². The summed E-state index contributed by atoms with van der Waals surface area (Å²) in [7, 11) is 3.14. The van der Waals surface area contributed by atoms with Gasteiger partial charge in [0.25, 0.3) is 5.91 Å². The number of halogens is 1. The van der Waals surface area contributed by atoms with E-state index >= 15 is 0 Å². The molecule has 42 heavy (non-hydrogen) atoms. The summed E-state index contributed by atoms with van der Waals surface area (Å²) in [5.41, 5.74) is 3.66. The highest BCUT2D eigenvalue weighted by molar-refractivity contribution is 6.23. The average Bonchev–Trinajstić information content (AvgIpc) is 3.46. The fraction of sp³-hybridized carbons (Fsp3) is 0.242. The lowest BCUT2D eigenvalue weighted by Gasteiger charge is -2.27. The number of methoxy groups -OCH3 is 2. The molecule has 0 spiro atoms. The monoisotopic (exact) mass is 585 g/mol. The van der Waals surface area contributed by atoms with Gasteiger partial charge in [0.15, 0.2) is 0 Å². The molecule has 3 atom stereocenters. The maximum Gasteiger partial charge on any atom is 0.336 e. The van der Waals surface area contributed by atoms with E-state index in [4.69, 9.17) is 26.1 Å². The first-order chi connectivity index (χ1) is 20.4. The van der Waals surface area contributed by atoms with Gasteiger partial charge >= 0.3 is 5.97 Å². The molecule has 0 bridgehead atoms. The molecule has 3 aromatic carbocycles. The van der Waals surface area contributed by atoms with Crippen LogP contribution in [-0.4, -0.2) is 46.5 Å². The van der Waals surface area contributed by atoms with Gasteiger partial charge in [-0.25, -0.2) is 9.78 Å². The smallest absolute Gasteiger partial charge is 0.336 e. The van der Waals surface area contributed by atoms with Gasteiger partial charge in [-0.05, 0) is 41.8 Å². The minimum atomic E-state index is -1.15. The fourth-order valence-electron chi connectivity index (χ4n) is 5.42. The van der Waals surface area contributed by atoms with Crippen molar-refractivity contribution in [2.45, 2.75) is 37.1 Å². The number of carboxylic acid groups (broad SMARTS) is 1. The number of nitrogens with one attached hydrogen (secondary N) is 2. The number of aromatic amines is 1. The number of carbonyl (C=O) groups excluding carboxylic acids is 1. The molecule has 3 N–H and O–H groups in total. The van der Waals surface area contributed by atoms with Crippen molar-refractivity contribution in [2.24, 2.45) is 0 Å². The number of carbonyl (C=O) groups is 2. The molecule has 1 aromatic heterocycles. The van der Waals surface area contributed by atoms with Crippen molar-refractivity contribution in [3.63, 3.8) is 0 Å².